The Balaban J connectivity index is 2.55. The molecule has 0 spiro atoms. The van der Waals surface area contributed by atoms with Gasteiger partial charge in [-0.25, -0.2) is 18.9 Å². The van der Waals surface area contributed by atoms with Crippen LogP contribution in [0.25, 0.3) is 0 Å². The van der Waals surface area contributed by atoms with Crippen LogP contribution in [0, 0.1) is 21.8 Å². The molecule has 1 fully saturated rings. The number of benzene rings is 1. The van der Waals surface area contributed by atoms with Crippen molar-refractivity contribution in [1.82, 2.24) is 0 Å². The summed E-state index contributed by atoms with van der Waals surface area (Å²) in [7, 11) is 1.12. The summed E-state index contributed by atoms with van der Waals surface area (Å²) in [6.07, 6.45) is -2.43. The van der Waals surface area contributed by atoms with Crippen molar-refractivity contribution in [2.75, 3.05) is 12.0 Å². The van der Waals surface area contributed by atoms with E-state index in [9.17, 15) is 28.9 Å². The van der Waals surface area contributed by atoms with Crippen LogP contribution in [0.3, 0.4) is 0 Å². The maximum Gasteiger partial charge on any atom is 0.427 e. The first-order chi connectivity index (χ1) is 13.5. The Kier molecular flexibility index (Phi) is 6.20. The zero-order valence-electron chi connectivity index (χ0n) is 16.3. The van der Waals surface area contributed by atoms with Crippen molar-refractivity contribution in [3.8, 4) is 5.75 Å². The summed E-state index contributed by atoms with van der Waals surface area (Å²) in [6.45, 7) is 6.24. The van der Waals surface area contributed by atoms with E-state index in [1.165, 1.54) is 13.8 Å². The fraction of sp³-hybridized carbons (Fsp3) is 0.389. The molecule has 1 aliphatic rings. The van der Waals surface area contributed by atoms with Crippen molar-refractivity contribution in [3.05, 3.63) is 39.4 Å². The number of cyclic esters (lactones) is 1. The van der Waals surface area contributed by atoms with Crippen molar-refractivity contribution in [3.63, 3.8) is 0 Å². The third-order valence-corrected chi connectivity index (χ3v) is 3.98. The summed E-state index contributed by atoms with van der Waals surface area (Å²) in [6, 6.07) is 1.30. The highest BCUT2D eigenvalue weighted by atomic mass is 19.1. The zero-order chi connectivity index (χ0) is 22.0. The van der Waals surface area contributed by atoms with Crippen molar-refractivity contribution in [2.45, 2.75) is 33.8 Å². The Bertz CT molecular complexity index is 921. The first kappa shape index (κ1) is 21.8. The van der Waals surface area contributed by atoms with Gasteiger partial charge in [-0.2, -0.15) is 0 Å². The average Bonchev–Trinajstić information content (AvgIpc) is 2.93. The van der Waals surface area contributed by atoms with Gasteiger partial charge in [0.2, 0.25) is 5.75 Å². The van der Waals surface area contributed by atoms with E-state index in [-0.39, 0.29) is 5.76 Å². The summed E-state index contributed by atoms with van der Waals surface area (Å²) in [5.74, 6) is -4.19. The Morgan fingerprint density at radius 2 is 1.90 bits per heavy atom. The molecule has 1 aromatic carbocycles. The molecule has 1 aromatic rings. The van der Waals surface area contributed by atoms with E-state index in [0.29, 0.717) is 22.6 Å². The molecule has 10 nitrogen and oxygen atoms in total. The van der Waals surface area contributed by atoms with Gasteiger partial charge in [0.25, 0.3) is 0 Å². The van der Waals surface area contributed by atoms with Crippen molar-refractivity contribution in [1.29, 1.82) is 0 Å². The maximum absolute atomic E-state index is 14.7. The van der Waals surface area contributed by atoms with Crippen LogP contribution in [-0.2, 0) is 19.1 Å². The molecule has 156 valence electrons. The molecule has 1 heterocycles. The fourth-order valence-electron chi connectivity index (χ4n) is 2.54. The van der Waals surface area contributed by atoms with Gasteiger partial charge < -0.3 is 14.2 Å². The predicted octanol–water partition coefficient (Wildman–Crippen LogP) is 3.09. The van der Waals surface area contributed by atoms with Gasteiger partial charge in [-0.05, 0) is 19.4 Å². The maximum atomic E-state index is 14.7. The standard InChI is InChI=1S/C18H19FN2O8/c1-8(2)14-16(22)20(18(24)29-14)11-7-12(21(25)26)13(6-10(11)19)28-15(9(3)4)17(23)27-5/h6-7,9,15H,1-5H3. The number of nitro benzene ring substituents is 1. The second-order valence-electron chi connectivity index (χ2n) is 6.67. The van der Waals surface area contributed by atoms with Crippen LogP contribution in [0.4, 0.5) is 20.6 Å². The first-order valence-electron chi connectivity index (χ1n) is 8.45. The van der Waals surface area contributed by atoms with E-state index in [4.69, 9.17) is 9.47 Å². The lowest BCUT2D eigenvalue weighted by Crippen LogP contribution is -2.34. The van der Waals surface area contributed by atoms with Gasteiger partial charge in [0.05, 0.1) is 17.7 Å². The molecule has 0 aromatic heterocycles. The first-order valence-corrected chi connectivity index (χ1v) is 8.45. The minimum Gasteiger partial charge on any atom is -0.471 e. The highest BCUT2D eigenvalue weighted by Gasteiger charge is 2.41. The third kappa shape index (κ3) is 4.18. The number of esters is 1. The lowest BCUT2D eigenvalue weighted by atomic mass is 10.1. The fourth-order valence-corrected chi connectivity index (χ4v) is 2.54. The number of anilines is 1. The Morgan fingerprint density at radius 3 is 2.34 bits per heavy atom. The summed E-state index contributed by atoms with van der Waals surface area (Å²) in [5, 5.41) is 11.5. The molecule has 0 radical (unpaired) electrons. The van der Waals surface area contributed by atoms with Gasteiger partial charge in [-0.15, -0.1) is 0 Å². The highest BCUT2D eigenvalue weighted by molar-refractivity contribution is 6.23. The number of nitrogens with zero attached hydrogens (tertiary/aromatic N) is 2. The van der Waals surface area contributed by atoms with Gasteiger partial charge in [0.15, 0.2) is 17.7 Å². The Labute approximate surface area is 165 Å². The number of methoxy groups -OCH3 is 1. The number of rotatable bonds is 6. The molecular formula is C18H19FN2O8. The lowest BCUT2D eigenvalue weighted by molar-refractivity contribution is -0.386. The normalized spacial score (nSPS) is 14.7. The van der Waals surface area contributed by atoms with Gasteiger partial charge in [-0.3, -0.25) is 14.9 Å². The number of ether oxygens (including phenoxy) is 3. The van der Waals surface area contributed by atoms with Crippen LogP contribution in [0.5, 0.6) is 5.75 Å². The summed E-state index contributed by atoms with van der Waals surface area (Å²) in [4.78, 5) is 47.2. The monoisotopic (exact) mass is 410 g/mol. The number of halogens is 1. The topological polar surface area (TPSA) is 125 Å². The number of carbonyl (C=O) groups excluding carboxylic acids is 3. The van der Waals surface area contributed by atoms with Crippen LogP contribution in [0.1, 0.15) is 27.7 Å². The van der Waals surface area contributed by atoms with Gasteiger partial charge in [0, 0.05) is 18.1 Å². The van der Waals surface area contributed by atoms with E-state index in [1.54, 1.807) is 13.8 Å². The van der Waals surface area contributed by atoms with Crippen LogP contribution >= 0.6 is 0 Å². The van der Waals surface area contributed by atoms with Crippen molar-refractivity contribution >= 4 is 29.3 Å². The van der Waals surface area contributed by atoms with E-state index in [0.717, 1.165) is 7.11 Å². The SMILES string of the molecule is COC(=O)C(Oc1cc(F)c(N2C(=O)OC(=C(C)C)C2=O)cc1[N+](=O)[O-])C(C)C. The zero-order valence-corrected chi connectivity index (χ0v) is 16.3. The molecule has 29 heavy (non-hydrogen) atoms. The second-order valence-corrected chi connectivity index (χ2v) is 6.67. The largest absolute Gasteiger partial charge is 0.471 e. The molecule has 0 N–H and O–H groups in total. The van der Waals surface area contributed by atoms with Crippen molar-refractivity contribution < 1.29 is 37.9 Å². The van der Waals surface area contributed by atoms with Crippen LogP contribution in [-0.4, -0.2) is 36.1 Å². The number of imide groups is 1. The minimum atomic E-state index is -1.24. The van der Waals surface area contributed by atoms with Gasteiger partial charge in [0.1, 0.15) is 0 Å². The van der Waals surface area contributed by atoms with Crippen LogP contribution < -0.4 is 9.64 Å². The van der Waals surface area contributed by atoms with E-state index in [1.807, 2.05) is 0 Å². The summed E-state index contributed by atoms with van der Waals surface area (Å²) < 4.78 is 29.5. The highest BCUT2D eigenvalue weighted by Crippen LogP contribution is 2.38. The molecule has 11 heteroatoms. The molecule has 1 atom stereocenters. The number of hydrogen-bond acceptors (Lipinski definition) is 8. The van der Waals surface area contributed by atoms with Crippen LogP contribution in [0.2, 0.25) is 0 Å². The summed E-state index contributed by atoms with van der Waals surface area (Å²) in [5.41, 5.74) is -1.05. The number of nitro groups is 1. The molecule has 2 amide bonds. The molecular weight excluding hydrogens is 391 g/mol. The van der Waals surface area contributed by atoms with Gasteiger partial charge >= 0.3 is 23.7 Å². The quantitative estimate of drug-likeness (QED) is 0.303. The number of hydrogen-bond donors (Lipinski definition) is 0. The van der Waals surface area contributed by atoms with E-state index in [2.05, 4.69) is 4.74 Å². The third-order valence-electron chi connectivity index (χ3n) is 3.98. The smallest absolute Gasteiger partial charge is 0.427 e. The second kappa shape index (κ2) is 8.25. The van der Waals surface area contributed by atoms with Crippen molar-refractivity contribution in [2.24, 2.45) is 5.92 Å². The molecule has 0 aliphatic carbocycles. The predicted molar refractivity (Wildman–Crippen MR) is 96.7 cm³/mol. The molecule has 0 saturated carbocycles. The van der Waals surface area contributed by atoms with E-state index >= 15 is 0 Å². The average molecular weight is 410 g/mol. The number of amides is 2. The number of carbonyl (C=O) groups is 3. The Morgan fingerprint density at radius 1 is 1.28 bits per heavy atom. The van der Waals surface area contributed by atoms with E-state index < -0.39 is 57.9 Å². The molecule has 1 aliphatic heterocycles. The Hall–Kier alpha value is -3.50. The lowest BCUT2D eigenvalue weighted by Gasteiger charge is -2.20. The molecule has 1 saturated heterocycles. The summed E-state index contributed by atoms with van der Waals surface area (Å²) >= 11 is 0. The number of allylic oxidation sites excluding steroid dienone is 1. The van der Waals surface area contributed by atoms with Gasteiger partial charge in [-0.1, -0.05) is 13.8 Å². The minimum absolute atomic E-state index is 0.289. The molecule has 2 rings (SSSR count). The molecule has 0 bridgehead atoms. The van der Waals surface area contributed by atoms with Crippen LogP contribution in [0.15, 0.2) is 23.5 Å². The molecule has 1 unspecified atom stereocenters.